The minimum atomic E-state index is -0.317. The molecule has 1 saturated heterocycles. The Morgan fingerprint density at radius 2 is 2.10 bits per heavy atom. The van der Waals surface area contributed by atoms with Crippen LogP contribution in [0.4, 0.5) is 10.5 Å². The van der Waals surface area contributed by atoms with Gasteiger partial charge in [-0.3, -0.25) is 4.90 Å². The molecule has 2 N–H and O–H groups in total. The van der Waals surface area contributed by atoms with Gasteiger partial charge < -0.3 is 15.4 Å². The van der Waals surface area contributed by atoms with Gasteiger partial charge in [0.15, 0.2) is 5.82 Å². The number of hydrogen-bond acceptors (Lipinski definition) is 6. The first-order chi connectivity index (χ1) is 14.3. The molecule has 1 atom stereocenters. The molecular weight excluding hydrogens is 370 g/mol. The third-order valence-electron chi connectivity index (χ3n) is 4.63. The van der Waals surface area contributed by atoms with Crippen molar-refractivity contribution in [1.29, 1.82) is 0 Å². The second kappa shape index (κ2) is 9.26. The van der Waals surface area contributed by atoms with Gasteiger partial charge in [0.05, 0.1) is 18.4 Å². The molecule has 1 aliphatic heterocycles. The van der Waals surface area contributed by atoms with Crippen LogP contribution in [0, 0.1) is 0 Å². The van der Waals surface area contributed by atoms with Crippen LogP contribution in [0.1, 0.15) is 5.56 Å². The van der Waals surface area contributed by atoms with Crippen molar-refractivity contribution < 1.29 is 9.53 Å². The molecule has 1 aliphatic rings. The first kappa shape index (κ1) is 19.0. The van der Waals surface area contributed by atoms with Gasteiger partial charge in [0, 0.05) is 32.4 Å². The average molecular weight is 393 g/mol. The molecule has 9 nitrogen and oxygen atoms in total. The maximum atomic E-state index is 12.4. The lowest BCUT2D eigenvalue weighted by molar-refractivity contribution is -0.0285. The summed E-state index contributed by atoms with van der Waals surface area (Å²) in [5.74, 6) is 0.503. The van der Waals surface area contributed by atoms with Crippen LogP contribution in [0.25, 0.3) is 5.82 Å². The number of pyridine rings is 1. The summed E-state index contributed by atoms with van der Waals surface area (Å²) in [7, 11) is 0. The lowest BCUT2D eigenvalue weighted by Crippen LogP contribution is -2.47. The highest BCUT2D eigenvalue weighted by molar-refractivity contribution is 5.90. The lowest BCUT2D eigenvalue weighted by atomic mass is 10.2. The van der Waals surface area contributed by atoms with Crippen LogP contribution in [-0.2, 0) is 11.3 Å². The molecule has 9 heteroatoms. The van der Waals surface area contributed by atoms with Crippen LogP contribution in [0.15, 0.2) is 61.3 Å². The summed E-state index contributed by atoms with van der Waals surface area (Å²) in [5.41, 5.74) is 1.82. The fourth-order valence-electron chi connectivity index (χ4n) is 3.26. The van der Waals surface area contributed by atoms with E-state index in [1.165, 1.54) is 22.9 Å². The van der Waals surface area contributed by atoms with Gasteiger partial charge in [0.25, 0.3) is 0 Å². The van der Waals surface area contributed by atoms with Crippen molar-refractivity contribution in [2.45, 2.75) is 12.6 Å². The van der Waals surface area contributed by atoms with Gasteiger partial charge in [-0.05, 0) is 17.7 Å². The molecule has 2 amide bonds. The number of nitrogens with zero attached hydrogens (tertiary/aromatic N) is 5. The Balaban J connectivity index is 1.29. The minimum absolute atomic E-state index is 0.0538. The molecule has 1 unspecified atom stereocenters. The molecule has 0 spiro atoms. The van der Waals surface area contributed by atoms with Crippen molar-refractivity contribution in [1.82, 2.24) is 30.0 Å². The smallest absolute Gasteiger partial charge is 0.319 e. The van der Waals surface area contributed by atoms with Crippen LogP contribution in [-0.4, -0.2) is 63.0 Å². The molecule has 0 saturated carbocycles. The number of anilines is 1. The van der Waals surface area contributed by atoms with E-state index in [-0.39, 0.29) is 12.1 Å². The third kappa shape index (κ3) is 5.15. The van der Waals surface area contributed by atoms with Crippen LogP contribution in [0.3, 0.4) is 0 Å². The predicted molar refractivity (Wildman–Crippen MR) is 108 cm³/mol. The maximum absolute atomic E-state index is 12.4. The van der Waals surface area contributed by atoms with Crippen LogP contribution in [0.2, 0.25) is 0 Å². The van der Waals surface area contributed by atoms with Crippen LogP contribution in [0.5, 0.6) is 0 Å². The molecule has 0 aliphatic carbocycles. The van der Waals surface area contributed by atoms with E-state index in [0.717, 1.165) is 19.6 Å². The Kier molecular flexibility index (Phi) is 6.08. The van der Waals surface area contributed by atoms with Gasteiger partial charge in [-0.15, -0.1) is 0 Å². The molecule has 0 radical (unpaired) electrons. The highest BCUT2D eigenvalue weighted by Crippen LogP contribution is 2.15. The number of benzene rings is 1. The quantitative estimate of drug-likeness (QED) is 0.661. The van der Waals surface area contributed by atoms with Gasteiger partial charge in [-0.1, -0.05) is 30.3 Å². The fraction of sp³-hybridized carbons (Fsp3) is 0.300. The zero-order valence-electron chi connectivity index (χ0n) is 15.9. The molecule has 1 aromatic carbocycles. The third-order valence-corrected chi connectivity index (χ3v) is 4.63. The van der Waals surface area contributed by atoms with E-state index in [4.69, 9.17) is 4.74 Å². The number of rotatable bonds is 6. The van der Waals surface area contributed by atoms with Crippen molar-refractivity contribution in [3.63, 3.8) is 0 Å². The average Bonchev–Trinajstić information content (AvgIpc) is 3.28. The SMILES string of the molecule is O=C(NCC1CN(Cc2ccccc2)CCO1)Nc1cccnc1-n1cncn1. The monoisotopic (exact) mass is 393 g/mol. The van der Waals surface area contributed by atoms with E-state index in [9.17, 15) is 4.79 Å². The van der Waals surface area contributed by atoms with Gasteiger partial charge in [0.1, 0.15) is 12.7 Å². The maximum Gasteiger partial charge on any atom is 0.319 e. The number of morpholine rings is 1. The first-order valence-electron chi connectivity index (χ1n) is 9.51. The summed E-state index contributed by atoms with van der Waals surface area (Å²) in [6.45, 7) is 3.61. The van der Waals surface area contributed by atoms with Gasteiger partial charge in [-0.2, -0.15) is 5.10 Å². The number of amides is 2. The molecular formula is C20H23N7O2. The summed E-state index contributed by atoms with van der Waals surface area (Å²) in [5, 5.41) is 9.76. The second-order valence-electron chi connectivity index (χ2n) is 6.76. The largest absolute Gasteiger partial charge is 0.374 e. The Bertz CT molecular complexity index is 918. The van der Waals surface area contributed by atoms with Gasteiger partial charge in [0.2, 0.25) is 0 Å². The first-order valence-corrected chi connectivity index (χ1v) is 9.51. The fourth-order valence-corrected chi connectivity index (χ4v) is 3.26. The number of hydrogen-bond donors (Lipinski definition) is 2. The second-order valence-corrected chi connectivity index (χ2v) is 6.76. The molecule has 3 heterocycles. The van der Waals surface area contributed by atoms with Crippen LogP contribution < -0.4 is 10.6 Å². The van der Waals surface area contributed by atoms with E-state index in [1.54, 1.807) is 18.3 Å². The van der Waals surface area contributed by atoms with E-state index in [1.807, 2.05) is 18.2 Å². The summed E-state index contributed by atoms with van der Waals surface area (Å²) >= 11 is 0. The van der Waals surface area contributed by atoms with Gasteiger partial charge in [-0.25, -0.2) is 19.4 Å². The summed E-state index contributed by atoms with van der Waals surface area (Å²) < 4.78 is 7.31. The number of carbonyl (C=O) groups excluding carboxylic acids is 1. The number of nitrogens with one attached hydrogen (secondary N) is 2. The van der Waals surface area contributed by atoms with E-state index in [2.05, 4.69) is 42.7 Å². The summed E-state index contributed by atoms with van der Waals surface area (Å²) in [4.78, 5) is 22.9. The van der Waals surface area contributed by atoms with Crippen LogP contribution >= 0.6 is 0 Å². The predicted octanol–water partition coefficient (Wildman–Crippen LogP) is 1.68. The molecule has 150 valence electrons. The Morgan fingerprint density at radius 3 is 2.93 bits per heavy atom. The number of aromatic nitrogens is 4. The summed E-state index contributed by atoms with van der Waals surface area (Å²) in [6.07, 6.45) is 4.53. The Hall–Kier alpha value is -3.30. The normalized spacial score (nSPS) is 17.0. The highest BCUT2D eigenvalue weighted by atomic mass is 16.5. The highest BCUT2D eigenvalue weighted by Gasteiger charge is 2.21. The van der Waals surface area contributed by atoms with Crippen molar-refractivity contribution >= 4 is 11.7 Å². The van der Waals surface area contributed by atoms with Crippen molar-refractivity contribution in [2.75, 3.05) is 31.6 Å². The van der Waals surface area contributed by atoms with E-state index in [0.29, 0.717) is 24.7 Å². The molecule has 4 rings (SSSR count). The van der Waals surface area contributed by atoms with Crippen molar-refractivity contribution in [3.05, 3.63) is 66.9 Å². The number of urea groups is 1. The standard InChI is InChI=1S/C20H23N7O2/c28-20(25-18-7-4-8-22-19(18)27-15-21-14-24-27)23-11-17-13-26(9-10-29-17)12-16-5-2-1-3-6-16/h1-8,14-15,17H,9-13H2,(H2,23,25,28). The Morgan fingerprint density at radius 1 is 1.21 bits per heavy atom. The molecule has 3 aromatic rings. The van der Waals surface area contributed by atoms with Crippen molar-refractivity contribution in [2.24, 2.45) is 0 Å². The minimum Gasteiger partial charge on any atom is -0.374 e. The number of ether oxygens (including phenoxy) is 1. The number of carbonyl (C=O) groups is 1. The van der Waals surface area contributed by atoms with Crippen molar-refractivity contribution in [3.8, 4) is 5.82 Å². The molecule has 0 bridgehead atoms. The zero-order chi connectivity index (χ0) is 19.9. The summed E-state index contributed by atoms with van der Waals surface area (Å²) in [6, 6.07) is 13.6. The molecule has 1 fully saturated rings. The lowest BCUT2D eigenvalue weighted by Gasteiger charge is -2.33. The topological polar surface area (TPSA) is 97.2 Å². The Labute approximate surface area is 168 Å². The van der Waals surface area contributed by atoms with E-state index >= 15 is 0 Å². The van der Waals surface area contributed by atoms with E-state index < -0.39 is 0 Å². The van der Waals surface area contributed by atoms with Gasteiger partial charge >= 0.3 is 6.03 Å². The molecule has 29 heavy (non-hydrogen) atoms. The molecule has 2 aromatic heterocycles. The zero-order valence-corrected chi connectivity index (χ0v) is 15.9.